The number of halogens is 4. The molecule has 1 aromatic heterocycles. The lowest BCUT2D eigenvalue weighted by Gasteiger charge is -2.13. The minimum atomic E-state index is -2.93. The average Bonchev–Trinajstić information content (AvgIpc) is 3.05. The number of thiocarbonyl (C=S) groups is 1. The van der Waals surface area contributed by atoms with E-state index in [1.165, 1.54) is 6.07 Å². The van der Waals surface area contributed by atoms with Gasteiger partial charge in [0, 0.05) is 22.3 Å². The van der Waals surface area contributed by atoms with Crippen LogP contribution in [0.15, 0.2) is 54.7 Å². The zero-order valence-corrected chi connectivity index (χ0v) is 16.5. The fourth-order valence-electron chi connectivity index (χ4n) is 2.38. The fourth-order valence-corrected chi connectivity index (χ4v) is 3.06. The molecule has 3 aromatic rings. The fraction of sp³-hybridized carbons (Fsp3) is 0.111. The van der Waals surface area contributed by atoms with Crippen molar-refractivity contribution in [2.75, 3.05) is 10.6 Å². The maximum absolute atomic E-state index is 12.5. The van der Waals surface area contributed by atoms with Crippen molar-refractivity contribution < 1.29 is 13.5 Å². The second kappa shape index (κ2) is 9.18. The number of aromatic nitrogens is 2. The summed E-state index contributed by atoms with van der Waals surface area (Å²) in [5.41, 5.74) is 1.17. The normalized spacial score (nSPS) is 10.8. The van der Waals surface area contributed by atoms with E-state index in [-0.39, 0.29) is 10.9 Å². The summed E-state index contributed by atoms with van der Waals surface area (Å²) in [7, 11) is 0. The van der Waals surface area contributed by atoms with Crippen LogP contribution < -0.4 is 15.4 Å². The van der Waals surface area contributed by atoms with E-state index in [1.54, 1.807) is 47.3 Å². The maximum Gasteiger partial charge on any atom is 0.387 e. The molecule has 3 rings (SSSR count). The smallest absolute Gasteiger partial charge is 0.387 e. The Balaban J connectivity index is 1.63. The summed E-state index contributed by atoms with van der Waals surface area (Å²) in [4.78, 5) is 0. The Labute approximate surface area is 175 Å². The van der Waals surface area contributed by atoms with E-state index in [0.717, 1.165) is 5.56 Å². The first-order chi connectivity index (χ1) is 13.4. The highest BCUT2D eigenvalue weighted by atomic mass is 35.5. The molecule has 0 fully saturated rings. The van der Waals surface area contributed by atoms with Crippen LogP contribution in [0.1, 0.15) is 5.56 Å². The van der Waals surface area contributed by atoms with Crippen molar-refractivity contribution in [2.24, 2.45) is 0 Å². The highest BCUT2D eigenvalue weighted by Gasteiger charge is 2.11. The largest absolute Gasteiger partial charge is 0.433 e. The molecule has 2 aromatic carbocycles. The Morgan fingerprint density at radius 3 is 2.68 bits per heavy atom. The van der Waals surface area contributed by atoms with Crippen molar-refractivity contribution in [2.45, 2.75) is 13.2 Å². The molecule has 2 N–H and O–H groups in total. The number of anilines is 2. The molecule has 0 atom stereocenters. The first-order valence-corrected chi connectivity index (χ1v) is 9.16. The van der Waals surface area contributed by atoms with Gasteiger partial charge < -0.3 is 15.4 Å². The molecular weight excluding hydrogens is 429 g/mol. The van der Waals surface area contributed by atoms with Crippen LogP contribution in [0.5, 0.6) is 5.75 Å². The zero-order chi connectivity index (χ0) is 20.1. The van der Waals surface area contributed by atoms with Crippen LogP contribution in [-0.2, 0) is 6.54 Å². The Morgan fingerprint density at radius 1 is 1.14 bits per heavy atom. The van der Waals surface area contributed by atoms with E-state index in [9.17, 15) is 8.78 Å². The van der Waals surface area contributed by atoms with Crippen LogP contribution in [-0.4, -0.2) is 21.5 Å². The van der Waals surface area contributed by atoms with E-state index in [1.807, 2.05) is 6.07 Å². The predicted octanol–water partition coefficient (Wildman–Crippen LogP) is 5.65. The molecule has 0 unspecified atom stereocenters. The number of hydrogen-bond acceptors (Lipinski definition) is 3. The number of ether oxygens (including phenoxy) is 1. The Morgan fingerprint density at radius 2 is 1.93 bits per heavy atom. The minimum absolute atomic E-state index is 0.00967. The topological polar surface area (TPSA) is 51.1 Å². The number of hydrogen-bond donors (Lipinski definition) is 2. The van der Waals surface area contributed by atoms with Crippen LogP contribution in [0.25, 0.3) is 0 Å². The monoisotopic (exact) mass is 442 g/mol. The van der Waals surface area contributed by atoms with E-state index in [2.05, 4.69) is 20.5 Å². The summed E-state index contributed by atoms with van der Waals surface area (Å²) in [6.07, 6.45) is 1.75. The zero-order valence-electron chi connectivity index (χ0n) is 14.2. The van der Waals surface area contributed by atoms with E-state index < -0.39 is 6.61 Å². The van der Waals surface area contributed by atoms with Gasteiger partial charge in [-0.05, 0) is 42.0 Å². The molecule has 0 saturated carbocycles. The van der Waals surface area contributed by atoms with Crippen molar-refractivity contribution in [1.82, 2.24) is 9.78 Å². The Kier molecular flexibility index (Phi) is 6.66. The molecule has 0 saturated heterocycles. The van der Waals surface area contributed by atoms with E-state index in [0.29, 0.717) is 28.1 Å². The van der Waals surface area contributed by atoms with Crippen LogP contribution in [0.3, 0.4) is 0 Å². The summed E-state index contributed by atoms with van der Waals surface area (Å²) in [5.74, 6) is 0.472. The molecule has 5 nitrogen and oxygen atoms in total. The van der Waals surface area contributed by atoms with Gasteiger partial charge in [-0.2, -0.15) is 13.9 Å². The summed E-state index contributed by atoms with van der Waals surface area (Å²) in [6, 6.07) is 13.2. The average molecular weight is 443 g/mol. The highest BCUT2D eigenvalue weighted by Crippen LogP contribution is 2.26. The molecular formula is C18H14Cl2F2N4OS. The van der Waals surface area contributed by atoms with Crippen molar-refractivity contribution >= 4 is 52.0 Å². The number of para-hydroxylation sites is 2. The SMILES string of the molecule is FC(F)Oc1ccccc1NC(=S)Nc1ccn(Cc2ccc(Cl)cc2Cl)n1. The second-order valence-electron chi connectivity index (χ2n) is 5.59. The second-order valence-corrected chi connectivity index (χ2v) is 6.84. The molecule has 0 bridgehead atoms. The molecule has 0 aliphatic carbocycles. The van der Waals surface area contributed by atoms with Gasteiger partial charge >= 0.3 is 6.61 Å². The van der Waals surface area contributed by atoms with Crippen LogP contribution in [0.4, 0.5) is 20.3 Å². The number of nitrogens with zero attached hydrogens (tertiary/aromatic N) is 2. The van der Waals surface area contributed by atoms with Gasteiger partial charge in [0.05, 0.1) is 12.2 Å². The summed E-state index contributed by atoms with van der Waals surface area (Å²) < 4.78 is 31.1. The van der Waals surface area contributed by atoms with Gasteiger partial charge in [0.1, 0.15) is 5.75 Å². The molecule has 0 amide bonds. The van der Waals surface area contributed by atoms with Gasteiger partial charge in [-0.25, -0.2) is 0 Å². The van der Waals surface area contributed by atoms with Gasteiger partial charge in [-0.3, -0.25) is 4.68 Å². The van der Waals surface area contributed by atoms with Crippen LogP contribution in [0, 0.1) is 0 Å². The number of benzene rings is 2. The third kappa shape index (κ3) is 5.54. The molecule has 146 valence electrons. The molecule has 10 heteroatoms. The van der Waals surface area contributed by atoms with E-state index >= 15 is 0 Å². The van der Waals surface area contributed by atoms with Gasteiger partial charge in [0.2, 0.25) is 0 Å². The third-order valence-corrected chi connectivity index (χ3v) is 4.37. The number of nitrogens with one attached hydrogen (secondary N) is 2. The summed E-state index contributed by atoms with van der Waals surface area (Å²) in [6.45, 7) is -2.48. The van der Waals surface area contributed by atoms with Gasteiger partial charge in [0.15, 0.2) is 10.9 Å². The first kappa shape index (κ1) is 20.3. The molecule has 0 aliphatic rings. The lowest BCUT2D eigenvalue weighted by molar-refractivity contribution is -0.0493. The summed E-state index contributed by atoms with van der Waals surface area (Å²) >= 11 is 17.3. The lowest BCUT2D eigenvalue weighted by atomic mass is 10.2. The summed E-state index contributed by atoms with van der Waals surface area (Å²) in [5, 5.41) is 11.4. The predicted molar refractivity (Wildman–Crippen MR) is 111 cm³/mol. The van der Waals surface area contributed by atoms with E-state index in [4.69, 9.17) is 35.4 Å². The molecule has 1 heterocycles. The van der Waals surface area contributed by atoms with Gasteiger partial charge in [0.25, 0.3) is 0 Å². The molecule has 0 aliphatic heterocycles. The maximum atomic E-state index is 12.5. The molecule has 28 heavy (non-hydrogen) atoms. The highest BCUT2D eigenvalue weighted by molar-refractivity contribution is 7.80. The molecule has 0 spiro atoms. The first-order valence-electron chi connectivity index (χ1n) is 8.00. The van der Waals surface area contributed by atoms with Gasteiger partial charge in [-0.15, -0.1) is 0 Å². The lowest BCUT2D eigenvalue weighted by Crippen LogP contribution is -2.20. The third-order valence-electron chi connectivity index (χ3n) is 3.58. The van der Waals surface area contributed by atoms with Crippen molar-refractivity contribution in [3.05, 3.63) is 70.3 Å². The van der Waals surface area contributed by atoms with Crippen molar-refractivity contribution in [3.8, 4) is 5.75 Å². The number of rotatable bonds is 6. The molecule has 0 radical (unpaired) electrons. The van der Waals surface area contributed by atoms with Crippen LogP contribution in [0.2, 0.25) is 10.0 Å². The Bertz CT molecular complexity index is 984. The quantitative estimate of drug-likeness (QED) is 0.483. The standard InChI is InChI=1S/C18H14Cl2F2N4OS/c19-12-6-5-11(13(20)9-12)10-26-8-7-16(25-26)24-18(28)23-14-3-1-2-4-15(14)27-17(21)22/h1-9,17H,10H2,(H2,23,24,25,28). The minimum Gasteiger partial charge on any atom is -0.433 e. The van der Waals surface area contributed by atoms with Crippen molar-refractivity contribution in [3.63, 3.8) is 0 Å². The van der Waals surface area contributed by atoms with Crippen molar-refractivity contribution in [1.29, 1.82) is 0 Å². The van der Waals surface area contributed by atoms with Crippen LogP contribution >= 0.6 is 35.4 Å². The Hall–Kier alpha value is -2.42. The van der Waals surface area contributed by atoms with Gasteiger partial charge in [-0.1, -0.05) is 41.4 Å². The number of alkyl halides is 2.